The molecule has 0 aromatic carbocycles. The summed E-state index contributed by atoms with van der Waals surface area (Å²) in [6.45, 7) is 10.1. The first-order valence-corrected chi connectivity index (χ1v) is 7.15. The van der Waals surface area contributed by atoms with Gasteiger partial charge in [0, 0.05) is 30.9 Å². The molecule has 0 spiro atoms. The Balaban J connectivity index is 2.14. The third-order valence-electron chi connectivity index (χ3n) is 3.71. The zero-order valence-electron chi connectivity index (χ0n) is 11.8. The molecule has 2 atom stereocenters. The maximum absolute atomic E-state index is 4.61. The number of hydrogen-bond donors (Lipinski definition) is 1. The molecule has 0 amide bonds. The van der Waals surface area contributed by atoms with Crippen LogP contribution in [0, 0.1) is 5.92 Å². The highest BCUT2D eigenvalue weighted by Gasteiger charge is 2.23. The summed E-state index contributed by atoms with van der Waals surface area (Å²) in [7, 11) is 0. The highest BCUT2D eigenvalue weighted by Crippen LogP contribution is 2.28. The van der Waals surface area contributed by atoms with E-state index < -0.39 is 0 Å². The molecular weight excluding hydrogens is 222 g/mol. The van der Waals surface area contributed by atoms with E-state index in [9.17, 15) is 0 Å². The van der Waals surface area contributed by atoms with Crippen molar-refractivity contribution in [3.8, 4) is 0 Å². The molecule has 0 aliphatic carbocycles. The second-order valence-corrected chi connectivity index (χ2v) is 5.43. The first-order valence-electron chi connectivity index (χ1n) is 7.15. The van der Waals surface area contributed by atoms with Gasteiger partial charge in [0.15, 0.2) is 0 Å². The van der Waals surface area contributed by atoms with Crippen molar-refractivity contribution in [3.05, 3.63) is 23.9 Å². The van der Waals surface area contributed by atoms with Crippen molar-refractivity contribution >= 4 is 5.82 Å². The van der Waals surface area contributed by atoms with Crippen molar-refractivity contribution in [1.82, 2.24) is 10.3 Å². The molecular formula is C15H25N3. The number of nitrogens with one attached hydrogen (secondary N) is 1. The van der Waals surface area contributed by atoms with E-state index in [0.717, 1.165) is 25.6 Å². The predicted molar refractivity (Wildman–Crippen MR) is 76.9 cm³/mol. The quantitative estimate of drug-likeness (QED) is 0.867. The third-order valence-corrected chi connectivity index (χ3v) is 3.71. The Bertz CT molecular complexity index is 378. The molecule has 0 bridgehead atoms. The Hall–Kier alpha value is -1.09. The number of rotatable bonds is 5. The van der Waals surface area contributed by atoms with Gasteiger partial charge in [-0.25, -0.2) is 4.98 Å². The number of pyridine rings is 1. The molecule has 1 fully saturated rings. The molecule has 0 saturated carbocycles. The summed E-state index contributed by atoms with van der Waals surface area (Å²) < 4.78 is 0. The van der Waals surface area contributed by atoms with Gasteiger partial charge in [0.2, 0.25) is 0 Å². The maximum atomic E-state index is 4.61. The van der Waals surface area contributed by atoms with Crippen molar-refractivity contribution < 1.29 is 0 Å². The Morgan fingerprint density at radius 3 is 3.06 bits per heavy atom. The van der Waals surface area contributed by atoms with Crippen LogP contribution >= 0.6 is 0 Å². The fourth-order valence-electron chi connectivity index (χ4n) is 2.61. The van der Waals surface area contributed by atoms with Gasteiger partial charge in [-0.05, 0) is 38.3 Å². The number of aromatic nitrogens is 1. The van der Waals surface area contributed by atoms with Crippen molar-refractivity contribution in [2.24, 2.45) is 5.92 Å². The van der Waals surface area contributed by atoms with Crippen molar-refractivity contribution in [1.29, 1.82) is 0 Å². The number of anilines is 1. The van der Waals surface area contributed by atoms with Crippen molar-refractivity contribution in [2.45, 2.75) is 39.7 Å². The lowest BCUT2D eigenvalue weighted by molar-refractivity contribution is 0.568. The smallest absolute Gasteiger partial charge is 0.133 e. The molecule has 2 heterocycles. The molecule has 2 unspecified atom stereocenters. The molecule has 1 N–H and O–H groups in total. The Morgan fingerprint density at radius 1 is 1.56 bits per heavy atom. The standard InChI is InChI=1S/C15H25N3/c1-4-8-16-13(3)14-6-5-9-17-15(14)18-10-7-12(2)11-18/h5-6,9,12-13,16H,4,7-8,10-11H2,1-3H3. The van der Waals surface area contributed by atoms with Crippen LogP contribution in [0.5, 0.6) is 0 Å². The molecule has 1 aromatic rings. The van der Waals surface area contributed by atoms with E-state index in [1.807, 2.05) is 12.3 Å². The lowest BCUT2D eigenvalue weighted by Gasteiger charge is -2.23. The van der Waals surface area contributed by atoms with Crippen LogP contribution in [0.1, 0.15) is 45.2 Å². The van der Waals surface area contributed by atoms with Crippen LogP contribution in [0.2, 0.25) is 0 Å². The molecule has 1 aliphatic heterocycles. The summed E-state index contributed by atoms with van der Waals surface area (Å²) in [6.07, 6.45) is 4.36. The van der Waals surface area contributed by atoms with Crippen LogP contribution in [0.4, 0.5) is 5.82 Å². The summed E-state index contributed by atoms with van der Waals surface area (Å²) in [4.78, 5) is 7.04. The van der Waals surface area contributed by atoms with Gasteiger partial charge in [0.25, 0.3) is 0 Å². The van der Waals surface area contributed by atoms with Crippen LogP contribution in [0.25, 0.3) is 0 Å². The van der Waals surface area contributed by atoms with Gasteiger partial charge in [0.05, 0.1) is 0 Å². The second kappa shape index (κ2) is 6.19. The Labute approximate surface area is 111 Å². The van der Waals surface area contributed by atoms with Crippen LogP contribution in [-0.2, 0) is 0 Å². The largest absolute Gasteiger partial charge is 0.356 e. The molecule has 1 aliphatic rings. The van der Waals surface area contributed by atoms with Crippen LogP contribution in [-0.4, -0.2) is 24.6 Å². The Kier molecular flexibility index (Phi) is 4.59. The van der Waals surface area contributed by atoms with Crippen molar-refractivity contribution in [2.75, 3.05) is 24.5 Å². The van der Waals surface area contributed by atoms with Gasteiger partial charge in [0.1, 0.15) is 5.82 Å². The van der Waals surface area contributed by atoms with Gasteiger partial charge in [-0.1, -0.05) is 19.9 Å². The summed E-state index contributed by atoms with van der Waals surface area (Å²) in [5, 5.41) is 3.56. The lowest BCUT2D eigenvalue weighted by atomic mass is 10.1. The summed E-state index contributed by atoms with van der Waals surface area (Å²) in [5.74, 6) is 1.97. The molecule has 1 aromatic heterocycles. The SMILES string of the molecule is CCCNC(C)c1cccnc1N1CCC(C)C1. The van der Waals surface area contributed by atoms with E-state index in [1.165, 1.54) is 24.2 Å². The monoisotopic (exact) mass is 247 g/mol. The first kappa shape index (κ1) is 13.3. The molecule has 1 saturated heterocycles. The van der Waals surface area contributed by atoms with Gasteiger partial charge in [-0.2, -0.15) is 0 Å². The van der Waals surface area contributed by atoms with E-state index in [-0.39, 0.29) is 0 Å². The van der Waals surface area contributed by atoms with Gasteiger partial charge >= 0.3 is 0 Å². The topological polar surface area (TPSA) is 28.2 Å². The number of nitrogens with zero attached hydrogens (tertiary/aromatic N) is 2. The zero-order chi connectivity index (χ0) is 13.0. The highest BCUT2D eigenvalue weighted by molar-refractivity contribution is 5.49. The normalized spacial score (nSPS) is 21.3. The zero-order valence-corrected chi connectivity index (χ0v) is 11.8. The maximum Gasteiger partial charge on any atom is 0.133 e. The fourth-order valence-corrected chi connectivity index (χ4v) is 2.61. The van der Waals surface area contributed by atoms with E-state index >= 15 is 0 Å². The molecule has 3 heteroatoms. The molecule has 3 nitrogen and oxygen atoms in total. The van der Waals surface area contributed by atoms with E-state index in [4.69, 9.17) is 0 Å². The molecule has 18 heavy (non-hydrogen) atoms. The Morgan fingerprint density at radius 2 is 2.39 bits per heavy atom. The molecule has 2 rings (SSSR count). The summed E-state index contributed by atoms with van der Waals surface area (Å²) in [6, 6.07) is 4.63. The van der Waals surface area contributed by atoms with E-state index in [2.05, 4.69) is 42.0 Å². The van der Waals surface area contributed by atoms with Crippen molar-refractivity contribution in [3.63, 3.8) is 0 Å². The van der Waals surface area contributed by atoms with Gasteiger partial charge in [-0.15, -0.1) is 0 Å². The molecule has 0 radical (unpaired) electrons. The minimum Gasteiger partial charge on any atom is -0.356 e. The van der Waals surface area contributed by atoms with Crippen LogP contribution < -0.4 is 10.2 Å². The minimum absolute atomic E-state index is 0.379. The van der Waals surface area contributed by atoms with Gasteiger partial charge < -0.3 is 10.2 Å². The lowest BCUT2D eigenvalue weighted by Crippen LogP contribution is -2.26. The fraction of sp³-hybridized carbons (Fsp3) is 0.667. The predicted octanol–water partition coefficient (Wildman–Crippen LogP) is 2.99. The summed E-state index contributed by atoms with van der Waals surface area (Å²) in [5.41, 5.74) is 1.33. The van der Waals surface area contributed by atoms with Gasteiger partial charge in [-0.3, -0.25) is 0 Å². The summed E-state index contributed by atoms with van der Waals surface area (Å²) >= 11 is 0. The second-order valence-electron chi connectivity index (χ2n) is 5.43. The van der Waals surface area contributed by atoms with E-state index in [0.29, 0.717) is 6.04 Å². The number of hydrogen-bond acceptors (Lipinski definition) is 3. The van der Waals surface area contributed by atoms with E-state index in [1.54, 1.807) is 0 Å². The minimum atomic E-state index is 0.379. The average molecular weight is 247 g/mol. The average Bonchev–Trinajstić information content (AvgIpc) is 2.82. The van der Waals surface area contributed by atoms with Crippen LogP contribution in [0.15, 0.2) is 18.3 Å². The first-order chi connectivity index (χ1) is 8.72. The highest BCUT2D eigenvalue weighted by atomic mass is 15.2. The van der Waals surface area contributed by atoms with Crippen LogP contribution in [0.3, 0.4) is 0 Å². The third kappa shape index (κ3) is 3.02. The molecule has 100 valence electrons.